The second-order valence-corrected chi connectivity index (χ2v) is 8.17. The number of rotatable bonds is 2. The van der Waals surface area contributed by atoms with E-state index in [-0.39, 0.29) is 11.7 Å². The van der Waals surface area contributed by atoms with Crippen LogP contribution in [0.4, 0.5) is 0 Å². The quantitative estimate of drug-likeness (QED) is 0.674. The van der Waals surface area contributed by atoms with Crippen LogP contribution in [0.15, 0.2) is 36.4 Å². The number of benzene rings is 2. The minimum atomic E-state index is -0.480. The van der Waals surface area contributed by atoms with Crippen molar-refractivity contribution in [3.63, 3.8) is 0 Å². The zero-order valence-electron chi connectivity index (χ0n) is 15.8. The van der Waals surface area contributed by atoms with Crippen molar-refractivity contribution >= 4 is 27.5 Å². The van der Waals surface area contributed by atoms with E-state index in [1.165, 1.54) is 0 Å². The Kier molecular flexibility index (Phi) is 4.83. The van der Waals surface area contributed by atoms with Crippen LogP contribution in [0, 0.1) is 0 Å². The van der Waals surface area contributed by atoms with Crippen molar-refractivity contribution in [3.05, 3.63) is 42.0 Å². The number of nitrogens with one attached hydrogen (secondary N) is 1. The van der Waals surface area contributed by atoms with Gasteiger partial charge >= 0.3 is 0 Å². The number of para-hydroxylation sites is 1. The summed E-state index contributed by atoms with van der Waals surface area (Å²) in [6.45, 7) is 2.94. The maximum Gasteiger partial charge on any atom is 0.253 e. The molecule has 0 unspecified atom stereocenters. The van der Waals surface area contributed by atoms with Gasteiger partial charge in [0.05, 0.1) is 23.4 Å². The van der Waals surface area contributed by atoms with Gasteiger partial charge < -0.3 is 24.8 Å². The molecule has 2 N–H and O–H groups in total. The highest BCUT2D eigenvalue weighted by atomic mass is 32.1. The minimum Gasteiger partial charge on any atom is -0.504 e. The second-order valence-electron chi connectivity index (χ2n) is 7.14. The number of phenols is 1. The van der Waals surface area contributed by atoms with Crippen LogP contribution in [-0.4, -0.2) is 59.8 Å². The van der Waals surface area contributed by atoms with Gasteiger partial charge in [-0.1, -0.05) is 12.1 Å². The van der Waals surface area contributed by atoms with Crippen LogP contribution in [0.1, 0.15) is 5.56 Å². The second kappa shape index (κ2) is 7.62. The van der Waals surface area contributed by atoms with Crippen molar-refractivity contribution in [1.29, 1.82) is 0 Å². The average Bonchev–Trinajstić information content (AvgIpc) is 3.07. The van der Waals surface area contributed by atoms with E-state index < -0.39 is 6.10 Å². The number of carbonyl (C=O) groups excluding carboxylic acids is 1. The number of hydrogen-bond donors (Lipinski definition) is 2. The van der Waals surface area contributed by atoms with Crippen molar-refractivity contribution in [2.45, 2.75) is 12.6 Å². The number of carbonyl (C=O) groups is 1. The fourth-order valence-electron chi connectivity index (χ4n) is 3.73. The highest BCUT2D eigenvalue weighted by Gasteiger charge is 2.30. The monoisotopic (exact) mass is 411 g/mol. The summed E-state index contributed by atoms with van der Waals surface area (Å²) in [6, 6.07) is 11.6. The Balaban J connectivity index is 1.47. The molecular weight excluding hydrogens is 390 g/mol. The number of phenolic OH excluding ortho intramolecular Hbond substituents is 1. The minimum absolute atomic E-state index is 0.0569. The Morgan fingerprint density at radius 1 is 1.28 bits per heavy atom. The first-order valence-electron chi connectivity index (χ1n) is 9.65. The molecule has 8 heteroatoms. The summed E-state index contributed by atoms with van der Waals surface area (Å²) in [5.74, 6) is 0.452. The molecule has 0 saturated carbocycles. The highest BCUT2D eigenvalue weighted by molar-refractivity contribution is 7.21. The summed E-state index contributed by atoms with van der Waals surface area (Å²) < 4.78 is 12.5. The third-order valence-electron chi connectivity index (χ3n) is 5.17. The molecule has 29 heavy (non-hydrogen) atoms. The molecule has 0 radical (unpaired) electrons. The number of ether oxygens (including phenoxy) is 2. The van der Waals surface area contributed by atoms with Crippen molar-refractivity contribution in [2.24, 2.45) is 0 Å². The van der Waals surface area contributed by atoms with E-state index in [2.05, 4.69) is 10.3 Å². The summed E-state index contributed by atoms with van der Waals surface area (Å²) >= 11 is 1.57. The lowest BCUT2D eigenvalue weighted by molar-refractivity contribution is -0.146. The first-order chi connectivity index (χ1) is 14.2. The Morgan fingerprint density at radius 3 is 3.00 bits per heavy atom. The highest BCUT2D eigenvalue weighted by Crippen LogP contribution is 2.39. The fraction of sp³-hybridized carbons (Fsp3) is 0.333. The van der Waals surface area contributed by atoms with Crippen molar-refractivity contribution in [1.82, 2.24) is 15.2 Å². The number of hydrogen-bond acceptors (Lipinski definition) is 7. The Hall–Kier alpha value is -2.68. The van der Waals surface area contributed by atoms with Gasteiger partial charge in [-0.2, -0.15) is 0 Å². The SMILES string of the molecule is O=C([C@H]1CNCCO1)N1CCOc2c(O)cc(-c3nc4ccccc4s3)cc2C1. The Bertz CT molecular complexity index is 1030. The summed E-state index contributed by atoms with van der Waals surface area (Å²) in [6.07, 6.45) is -0.480. The molecule has 3 aromatic rings. The van der Waals surface area contributed by atoms with E-state index in [9.17, 15) is 9.90 Å². The fourth-order valence-corrected chi connectivity index (χ4v) is 4.69. The van der Waals surface area contributed by atoms with Crippen molar-refractivity contribution in [2.75, 3.05) is 32.8 Å². The van der Waals surface area contributed by atoms with Gasteiger partial charge in [0.15, 0.2) is 11.5 Å². The molecule has 1 fully saturated rings. The van der Waals surface area contributed by atoms with Crippen LogP contribution >= 0.6 is 11.3 Å². The van der Waals surface area contributed by atoms with Crippen LogP contribution in [0.25, 0.3) is 20.8 Å². The molecule has 2 aliphatic heterocycles. The lowest BCUT2D eigenvalue weighted by atomic mass is 10.1. The van der Waals surface area contributed by atoms with Crippen molar-refractivity contribution in [3.8, 4) is 22.1 Å². The third kappa shape index (κ3) is 3.55. The average molecular weight is 411 g/mol. The smallest absolute Gasteiger partial charge is 0.253 e. The first kappa shape index (κ1) is 18.4. The number of aromatic hydroxyl groups is 1. The molecule has 0 spiro atoms. The van der Waals surface area contributed by atoms with Gasteiger partial charge in [-0.05, 0) is 24.3 Å². The normalized spacial score (nSPS) is 19.4. The summed E-state index contributed by atoms with van der Waals surface area (Å²) in [5, 5.41) is 14.6. The number of fused-ring (bicyclic) bond motifs is 2. The van der Waals surface area contributed by atoms with Crippen molar-refractivity contribution < 1.29 is 19.4 Å². The molecule has 2 aliphatic rings. The molecule has 7 nitrogen and oxygen atoms in total. The van der Waals surface area contributed by atoms with E-state index in [0.717, 1.165) is 32.9 Å². The number of amides is 1. The third-order valence-corrected chi connectivity index (χ3v) is 6.26. The topological polar surface area (TPSA) is 83.9 Å². The molecule has 5 rings (SSSR count). The van der Waals surface area contributed by atoms with Gasteiger partial charge in [0, 0.05) is 30.8 Å². The van der Waals surface area contributed by atoms with Crippen LogP contribution in [0.2, 0.25) is 0 Å². The van der Waals surface area contributed by atoms with Gasteiger partial charge in [-0.15, -0.1) is 11.3 Å². The molecule has 1 atom stereocenters. The molecule has 1 amide bonds. The van der Waals surface area contributed by atoms with Crippen LogP contribution in [0.3, 0.4) is 0 Å². The molecule has 3 heterocycles. The lowest BCUT2D eigenvalue weighted by Gasteiger charge is -2.28. The molecule has 2 aromatic carbocycles. The number of nitrogens with zero attached hydrogens (tertiary/aromatic N) is 2. The number of aromatic nitrogens is 1. The van der Waals surface area contributed by atoms with E-state index in [1.807, 2.05) is 30.3 Å². The number of thiazole rings is 1. The zero-order chi connectivity index (χ0) is 19.8. The largest absolute Gasteiger partial charge is 0.504 e. The summed E-state index contributed by atoms with van der Waals surface area (Å²) in [4.78, 5) is 19.3. The van der Waals surface area contributed by atoms with Gasteiger partial charge in [-0.25, -0.2) is 4.98 Å². The molecule has 0 bridgehead atoms. The van der Waals surface area contributed by atoms with E-state index in [0.29, 0.717) is 38.6 Å². The van der Waals surface area contributed by atoms with Gasteiger partial charge in [0.1, 0.15) is 17.7 Å². The maximum atomic E-state index is 12.9. The predicted octanol–water partition coefficient (Wildman–Crippen LogP) is 2.38. The molecule has 1 saturated heterocycles. The molecule has 1 aromatic heterocycles. The standard InChI is InChI=1S/C21H21N3O4S/c25-16-10-13(20-23-15-3-1-2-4-18(15)29-20)9-14-12-24(6-8-28-19(14)16)21(26)17-11-22-5-7-27-17/h1-4,9-10,17,22,25H,5-8,11-12H2/t17-/m1/s1. The van der Waals surface area contributed by atoms with E-state index >= 15 is 0 Å². The zero-order valence-corrected chi connectivity index (χ0v) is 16.6. The van der Waals surface area contributed by atoms with E-state index in [1.54, 1.807) is 22.3 Å². The predicted molar refractivity (Wildman–Crippen MR) is 110 cm³/mol. The van der Waals surface area contributed by atoms with Crippen LogP contribution < -0.4 is 10.1 Å². The molecular formula is C21H21N3O4S. The maximum absolute atomic E-state index is 12.9. The van der Waals surface area contributed by atoms with Crippen LogP contribution in [-0.2, 0) is 16.1 Å². The summed E-state index contributed by atoms with van der Waals surface area (Å²) in [7, 11) is 0. The Morgan fingerprint density at radius 2 is 2.17 bits per heavy atom. The van der Waals surface area contributed by atoms with Gasteiger partial charge in [0.25, 0.3) is 5.91 Å². The van der Waals surface area contributed by atoms with E-state index in [4.69, 9.17) is 9.47 Å². The summed E-state index contributed by atoms with van der Waals surface area (Å²) in [5.41, 5.74) is 2.52. The van der Waals surface area contributed by atoms with Gasteiger partial charge in [-0.3, -0.25) is 4.79 Å². The van der Waals surface area contributed by atoms with Gasteiger partial charge in [0.2, 0.25) is 0 Å². The molecule has 0 aliphatic carbocycles. The number of morpholine rings is 1. The Labute approximate surface area is 171 Å². The first-order valence-corrected chi connectivity index (χ1v) is 10.5. The van der Waals surface area contributed by atoms with Crippen LogP contribution in [0.5, 0.6) is 11.5 Å². The molecule has 150 valence electrons. The lowest BCUT2D eigenvalue weighted by Crippen LogP contribution is -2.49.